The maximum Gasteiger partial charge on any atom is 0.305 e. The third kappa shape index (κ3) is 6.03. The highest BCUT2D eigenvalue weighted by molar-refractivity contribution is 5.93. The molecular formula is C25H26F3N3O5. The van der Waals surface area contributed by atoms with E-state index < -0.39 is 53.0 Å². The Hall–Kier alpha value is -3.86. The Labute approximate surface area is 205 Å². The molecule has 8 nitrogen and oxygen atoms in total. The van der Waals surface area contributed by atoms with Crippen molar-refractivity contribution < 1.29 is 37.7 Å². The normalized spacial score (nSPS) is 13.8. The number of hydrogen-bond acceptors (Lipinski definition) is 5. The molecule has 3 rings (SSSR count). The molecular weight excluding hydrogens is 479 g/mol. The fraction of sp³-hybridized carbons (Fsp3) is 0.320. The molecule has 1 amide bonds. The Balaban J connectivity index is 1.98. The van der Waals surface area contributed by atoms with Gasteiger partial charge in [0.1, 0.15) is 29.7 Å². The van der Waals surface area contributed by atoms with Crippen molar-refractivity contribution in [1.82, 2.24) is 15.1 Å². The molecule has 0 aliphatic rings. The predicted octanol–water partition coefficient (Wildman–Crippen LogP) is 4.02. The minimum atomic E-state index is -1.55. The average molecular weight is 505 g/mol. The summed E-state index contributed by atoms with van der Waals surface area (Å²) in [6.45, 7) is 4.89. The van der Waals surface area contributed by atoms with E-state index in [1.807, 2.05) is 0 Å². The molecule has 36 heavy (non-hydrogen) atoms. The van der Waals surface area contributed by atoms with Gasteiger partial charge in [-0.25, -0.2) is 13.2 Å². The molecule has 0 saturated heterocycles. The molecule has 0 aliphatic carbocycles. The van der Waals surface area contributed by atoms with Crippen molar-refractivity contribution in [2.75, 3.05) is 6.61 Å². The van der Waals surface area contributed by atoms with Gasteiger partial charge in [-0.05, 0) is 37.1 Å². The van der Waals surface area contributed by atoms with Crippen molar-refractivity contribution in [3.8, 4) is 11.6 Å². The van der Waals surface area contributed by atoms with E-state index in [-0.39, 0.29) is 29.8 Å². The first kappa shape index (κ1) is 26.7. The number of hydrogen-bond donors (Lipinski definition) is 3. The van der Waals surface area contributed by atoms with Gasteiger partial charge in [0.25, 0.3) is 5.91 Å². The first-order valence-electron chi connectivity index (χ1n) is 11.1. The number of carbonyl (C=O) groups excluding carboxylic acids is 1. The number of carboxylic acids is 1. The van der Waals surface area contributed by atoms with E-state index in [9.17, 15) is 33.0 Å². The first-order chi connectivity index (χ1) is 16.9. The Morgan fingerprint density at radius 2 is 1.69 bits per heavy atom. The van der Waals surface area contributed by atoms with Crippen LogP contribution < -0.4 is 10.1 Å². The van der Waals surface area contributed by atoms with Crippen LogP contribution in [0, 0.1) is 23.4 Å². The summed E-state index contributed by atoms with van der Waals surface area (Å²) < 4.78 is 49.9. The van der Waals surface area contributed by atoms with Crippen LogP contribution in [0.15, 0.2) is 48.5 Å². The predicted molar refractivity (Wildman–Crippen MR) is 123 cm³/mol. The molecule has 0 aliphatic heterocycles. The second kappa shape index (κ2) is 10.8. The standard InChI is InChI=1S/C25H26F3N3O5/c1-14(2)25(3,35)13-36-21-11-19(30-31(21)20-10-5-4-7-15(20)26)24(34)29-18(12-22(32)33)23-16(27)8-6-9-17(23)28/h4-11,14,18,35H,12-13H2,1-3H3,(H,29,34)(H,32,33)/t18-,25-/m0/s1. The summed E-state index contributed by atoms with van der Waals surface area (Å²) in [5.41, 5.74) is -2.27. The molecule has 2 aromatic carbocycles. The fourth-order valence-electron chi connectivity index (χ4n) is 3.24. The van der Waals surface area contributed by atoms with E-state index in [1.165, 1.54) is 24.3 Å². The summed E-state index contributed by atoms with van der Waals surface area (Å²) in [6.07, 6.45) is -0.807. The van der Waals surface area contributed by atoms with E-state index in [4.69, 9.17) is 4.74 Å². The lowest BCUT2D eigenvalue weighted by Gasteiger charge is -2.27. The Morgan fingerprint density at radius 3 is 2.28 bits per heavy atom. The van der Waals surface area contributed by atoms with Crippen LogP contribution in [-0.4, -0.2) is 44.1 Å². The molecule has 11 heteroatoms. The van der Waals surface area contributed by atoms with E-state index in [1.54, 1.807) is 20.8 Å². The molecule has 0 radical (unpaired) electrons. The maximum atomic E-state index is 14.5. The number of para-hydroxylation sites is 1. The van der Waals surface area contributed by atoms with Crippen LogP contribution >= 0.6 is 0 Å². The van der Waals surface area contributed by atoms with E-state index in [0.717, 1.165) is 28.9 Å². The monoisotopic (exact) mass is 505 g/mol. The van der Waals surface area contributed by atoms with Crippen LogP contribution in [-0.2, 0) is 4.79 Å². The minimum Gasteiger partial charge on any atom is -0.481 e. The lowest BCUT2D eigenvalue weighted by Crippen LogP contribution is -2.38. The van der Waals surface area contributed by atoms with Gasteiger partial charge in [0.15, 0.2) is 5.69 Å². The van der Waals surface area contributed by atoms with Gasteiger partial charge < -0.3 is 20.3 Å². The second-order valence-electron chi connectivity index (χ2n) is 8.79. The molecule has 1 heterocycles. The number of carbonyl (C=O) groups is 2. The highest BCUT2D eigenvalue weighted by atomic mass is 19.1. The zero-order valence-corrected chi connectivity index (χ0v) is 19.8. The van der Waals surface area contributed by atoms with Crippen LogP contribution in [0.25, 0.3) is 5.69 Å². The number of halogens is 3. The number of carboxylic acid groups (broad SMARTS) is 1. The summed E-state index contributed by atoms with van der Waals surface area (Å²) >= 11 is 0. The van der Waals surface area contributed by atoms with Gasteiger partial charge in [0.05, 0.1) is 18.1 Å². The number of aromatic nitrogens is 2. The van der Waals surface area contributed by atoms with Crippen molar-refractivity contribution >= 4 is 11.9 Å². The topological polar surface area (TPSA) is 114 Å². The zero-order valence-electron chi connectivity index (χ0n) is 19.8. The molecule has 2 atom stereocenters. The maximum absolute atomic E-state index is 14.5. The molecule has 0 bridgehead atoms. The summed E-state index contributed by atoms with van der Waals surface area (Å²) in [7, 11) is 0. The smallest absolute Gasteiger partial charge is 0.305 e. The van der Waals surface area contributed by atoms with Gasteiger partial charge in [-0.2, -0.15) is 9.78 Å². The lowest BCUT2D eigenvalue weighted by atomic mass is 9.94. The number of rotatable bonds is 10. The lowest BCUT2D eigenvalue weighted by molar-refractivity contribution is -0.137. The molecule has 0 saturated carbocycles. The molecule has 0 spiro atoms. The molecule has 1 aromatic heterocycles. The zero-order chi connectivity index (χ0) is 26.6. The van der Waals surface area contributed by atoms with E-state index in [2.05, 4.69) is 10.4 Å². The van der Waals surface area contributed by atoms with Crippen molar-refractivity contribution in [3.63, 3.8) is 0 Å². The van der Waals surface area contributed by atoms with Crippen LogP contribution in [0.1, 0.15) is 49.3 Å². The van der Waals surface area contributed by atoms with E-state index >= 15 is 0 Å². The number of nitrogens with one attached hydrogen (secondary N) is 1. The Kier molecular flexibility index (Phi) is 8.03. The van der Waals surface area contributed by atoms with Crippen molar-refractivity contribution in [2.45, 2.75) is 38.8 Å². The molecule has 0 fully saturated rings. The Morgan fingerprint density at radius 1 is 1.08 bits per heavy atom. The van der Waals surface area contributed by atoms with Crippen LogP contribution in [0.4, 0.5) is 13.2 Å². The molecule has 3 aromatic rings. The molecule has 0 unspecified atom stereocenters. The quantitative estimate of drug-likeness (QED) is 0.384. The van der Waals surface area contributed by atoms with Gasteiger partial charge in [0, 0.05) is 11.6 Å². The number of aliphatic carboxylic acids is 1. The minimum absolute atomic E-state index is 0.0574. The van der Waals surface area contributed by atoms with Crippen LogP contribution in [0.3, 0.4) is 0 Å². The van der Waals surface area contributed by atoms with Crippen molar-refractivity contribution in [3.05, 3.63) is 77.2 Å². The van der Waals surface area contributed by atoms with Crippen molar-refractivity contribution in [1.29, 1.82) is 0 Å². The third-order valence-corrected chi connectivity index (χ3v) is 5.78. The SMILES string of the molecule is CC(C)[C@@](C)(O)COc1cc(C(=O)N[C@@H](CC(=O)O)c2c(F)cccc2F)nn1-c1ccccc1F. The van der Waals surface area contributed by atoms with Crippen molar-refractivity contribution in [2.24, 2.45) is 5.92 Å². The second-order valence-corrected chi connectivity index (χ2v) is 8.79. The van der Waals surface area contributed by atoms with Crippen LogP contribution in [0.2, 0.25) is 0 Å². The highest BCUT2D eigenvalue weighted by Gasteiger charge is 2.29. The first-order valence-corrected chi connectivity index (χ1v) is 11.1. The largest absolute Gasteiger partial charge is 0.481 e. The fourth-order valence-corrected chi connectivity index (χ4v) is 3.24. The molecule has 3 N–H and O–H groups in total. The number of ether oxygens (including phenoxy) is 1. The van der Waals surface area contributed by atoms with Gasteiger partial charge in [-0.1, -0.05) is 32.0 Å². The summed E-state index contributed by atoms with van der Waals surface area (Å²) in [4.78, 5) is 24.3. The van der Waals surface area contributed by atoms with Gasteiger partial charge >= 0.3 is 5.97 Å². The Bertz CT molecular complexity index is 1240. The summed E-state index contributed by atoms with van der Waals surface area (Å²) in [6, 6.07) is 8.16. The van der Waals surface area contributed by atoms with E-state index in [0.29, 0.717) is 0 Å². The van der Waals surface area contributed by atoms with Gasteiger partial charge in [-0.3, -0.25) is 9.59 Å². The average Bonchev–Trinajstić information content (AvgIpc) is 3.21. The third-order valence-electron chi connectivity index (χ3n) is 5.78. The van der Waals surface area contributed by atoms with Crippen LogP contribution in [0.5, 0.6) is 5.88 Å². The molecule has 192 valence electrons. The number of benzene rings is 2. The summed E-state index contributed by atoms with van der Waals surface area (Å²) in [5.74, 6) is -5.39. The number of amides is 1. The van der Waals surface area contributed by atoms with Gasteiger partial charge in [-0.15, -0.1) is 0 Å². The number of nitrogens with zero attached hydrogens (tertiary/aromatic N) is 2. The number of aliphatic hydroxyl groups is 1. The summed E-state index contributed by atoms with van der Waals surface area (Å²) in [5, 5.41) is 26.1. The highest BCUT2D eigenvalue weighted by Crippen LogP contribution is 2.27. The van der Waals surface area contributed by atoms with Gasteiger partial charge in [0.2, 0.25) is 5.88 Å².